The van der Waals surface area contributed by atoms with E-state index in [0.717, 1.165) is 17.7 Å². The molecule has 0 aromatic heterocycles. The van der Waals surface area contributed by atoms with E-state index in [4.69, 9.17) is 0 Å². The van der Waals surface area contributed by atoms with Crippen molar-refractivity contribution in [1.29, 1.82) is 0 Å². The summed E-state index contributed by atoms with van der Waals surface area (Å²) in [6, 6.07) is 7.89. The van der Waals surface area contributed by atoms with Gasteiger partial charge in [-0.25, -0.2) is 0 Å². The largest absolute Gasteiger partial charge is 0.299 e. The number of carbonyl (C=O) groups excluding carboxylic acids is 1. The standard InChI is InChI=1S/C18H22O2S/c1-3-4-16(19)17-13-7-8-14(11-13)18(17)21(20)15-9-5-12(2)6-10-15/h5-10,13-14,17-18H,3-4,11H2,1-2H3/t13-,14+,17-,18+,21+/m1/s1. The van der Waals surface area contributed by atoms with Crippen molar-refractivity contribution in [3.8, 4) is 0 Å². The highest BCUT2D eigenvalue weighted by atomic mass is 32.2. The highest BCUT2D eigenvalue weighted by Gasteiger charge is 2.50. The third kappa shape index (κ3) is 2.64. The van der Waals surface area contributed by atoms with Crippen molar-refractivity contribution in [1.82, 2.24) is 0 Å². The fraction of sp³-hybridized carbons (Fsp3) is 0.500. The first-order valence-electron chi connectivity index (χ1n) is 7.80. The number of Topliss-reactive ketones (excluding diaryl/α,β-unsaturated/α-hetero) is 1. The van der Waals surface area contributed by atoms with Crippen LogP contribution in [0.15, 0.2) is 41.3 Å². The maximum absolute atomic E-state index is 13.0. The molecule has 2 bridgehead atoms. The molecule has 0 amide bonds. The van der Waals surface area contributed by atoms with E-state index in [2.05, 4.69) is 12.2 Å². The van der Waals surface area contributed by atoms with Gasteiger partial charge in [-0.05, 0) is 43.7 Å². The Morgan fingerprint density at radius 2 is 1.86 bits per heavy atom. The van der Waals surface area contributed by atoms with Gasteiger partial charge in [-0.15, -0.1) is 0 Å². The molecular formula is C18H22O2S. The number of hydrogen-bond donors (Lipinski definition) is 0. The molecule has 3 heteroatoms. The summed E-state index contributed by atoms with van der Waals surface area (Å²) in [5.74, 6) is 0.887. The van der Waals surface area contributed by atoms with Crippen molar-refractivity contribution < 1.29 is 9.00 Å². The molecule has 112 valence electrons. The first-order chi connectivity index (χ1) is 10.1. The molecule has 21 heavy (non-hydrogen) atoms. The van der Waals surface area contributed by atoms with Gasteiger partial charge in [0, 0.05) is 17.2 Å². The van der Waals surface area contributed by atoms with E-state index < -0.39 is 10.8 Å². The number of ketones is 1. The monoisotopic (exact) mass is 302 g/mol. The normalized spacial score (nSPS) is 31.5. The summed E-state index contributed by atoms with van der Waals surface area (Å²) in [7, 11) is -1.09. The van der Waals surface area contributed by atoms with Gasteiger partial charge in [0.15, 0.2) is 0 Å². The molecule has 1 saturated carbocycles. The molecule has 0 N–H and O–H groups in total. The lowest BCUT2D eigenvalue weighted by Gasteiger charge is -2.26. The van der Waals surface area contributed by atoms with Gasteiger partial charge < -0.3 is 0 Å². The molecule has 0 radical (unpaired) electrons. The molecule has 2 nitrogen and oxygen atoms in total. The van der Waals surface area contributed by atoms with Crippen LogP contribution in [0, 0.1) is 24.7 Å². The van der Waals surface area contributed by atoms with Gasteiger partial charge in [0.2, 0.25) is 0 Å². The number of hydrogen-bond acceptors (Lipinski definition) is 2. The molecule has 0 saturated heterocycles. The minimum atomic E-state index is -1.09. The Morgan fingerprint density at radius 1 is 1.19 bits per heavy atom. The molecule has 1 aromatic rings. The minimum absolute atomic E-state index is 0.0262. The lowest BCUT2D eigenvalue weighted by Crippen LogP contribution is -2.35. The van der Waals surface area contributed by atoms with E-state index in [1.807, 2.05) is 38.1 Å². The maximum atomic E-state index is 13.0. The highest BCUT2D eigenvalue weighted by Crippen LogP contribution is 2.48. The number of rotatable bonds is 5. The Kier molecular flexibility index (Phi) is 4.12. The van der Waals surface area contributed by atoms with Gasteiger partial charge in [-0.3, -0.25) is 9.00 Å². The van der Waals surface area contributed by atoms with Gasteiger partial charge in [0.05, 0.1) is 16.0 Å². The van der Waals surface area contributed by atoms with Gasteiger partial charge >= 0.3 is 0 Å². The van der Waals surface area contributed by atoms with Crippen LogP contribution in [0.25, 0.3) is 0 Å². The molecule has 5 atom stereocenters. The second-order valence-corrected chi connectivity index (χ2v) is 7.88. The van der Waals surface area contributed by atoms with Crippen LogP contribution in [0.3, 0.4) is 0 Å². The second-order valence-electron chi connectivity index (χ2n) is 6.27. The first kappa shape index (κ1) is 14.7. The number of benzene rings is 1. The number of aryl methyl sites for hydroxylation is 1. The molecule has 0 aliphatic heterocycles. The van der Waals surface area contributed by atoms with Crippen LogP contribution in [0.1, 0.15) is 31.7 Å². The Morgan fingerprint density at radius 3 is 2.52 bits per heavy atom. The highest BCUT2D eigenvalue weighted by molar-refractivity contribution is 7.85. The average Bonchev–Trinajstić information content (AvgIpc) is 3.08. The van der Waals surface area contributed by atoms with Gasteiger partial charge in [0.25, 0.3) is 0 Å². The fourth-order valence-electron chi connectivity index (χ4n) is 3.73. The molecule has 1 aromatic carbocycles. The van der Waals surface area contributed by atoms with Crippen molar-refractivity contribution >= 4 is 16.6 Å². The predicted octanol–water partition coefficient (Wildman–Crippen LogP) is 3.66. The zero-order chi connectivity index (χ0) is 15.0. The van der Waals surface area contributed by atoms with Crippen molar-refractivity contribution in [3.63, 3.8) is 0 Å². The van der Waals surface area contributed by atoms with Crippen LogP contribution < -0.4 is 0 Å². The Labute approximate surface area is 129 Å². The van der Waals surface area contributed by atoms with Crippen LogP contribution in [0.5, 0.6) is 0 Å². The molecule has 3 rings (SSSR count). The van der Waals surface area contributed by atoms with E-state index in [0.29, 0.717) is 24.0 Å². The van der Waals surface area contributed by atoms with Crippen molar-refractivity contribution in [3.05, 3.63) is 42.0 Å². The smallest absolute Gasteiger partial charge is 0.137 e. The summed E-state index contributed by atoms with van der Waals surface area (Å²) in [6.45, 7) is 4.06. The third-order valence-corrected chi connectivity index (χ3v) is 6.63. The van der Waals surface area contributed by atoms with E-state index in [1.54, 1.807) is 0 Å². The Balaban J connectivity index is 1.88. The zero-order valence-corrected chi connectivity index (χ0v) is 13.4. The van der Waals surface area contributed by atoms with Crippen molar-refractivity contribution in [2.45, 2.75) is 43.3 Å². The molecule has 1 fully saturated rings. The summed E-state index contributed by atoms with van der Waals surface area (Å²) in [4.78, 5) is 13.3. The molecule has 0 unspecified atom stereocenters. The number of allylic oxidation sites excluding steroid dienone is 2. The molecular weight excluding hydrogens is 280 g/mol. The lowest BCUT2D eigenvalue weighted by molar-refractivity contribution is -0.123. The van der Waals surface area contributed by atoms with Crippen LogP contribution in [0.2, 0.25) is 0 Å². The topological polar surface area (TPSA) is 34.1 Å². The van der Waals surface area contributed by atoms with Crippen LogP contribution in [-0.2, 0) is 15.6 Å². The fourth-order valence-corrected chi connectivity index (χ4v) is 5.59. The third-order valence-electron chi connectivity index (χ3n) is 4.76. The summed E-state index contributed by atoms with van der Waals surface area (Å²) in [5, 5.41) is -0.0262. The van der Waals surface area contributed by atoms with Crippen molar-refractivity contribution in [2.24, 2.45) is 17.8 Å². The van der Waals surface area contributed by atoms with Crippen LogP contribution >= 0.6 is 0 Å². The molecule has 2 aliphatic rings. The summed E-state index contributed by atoms with van der Waals surface area (Å²) in [5.41, 5.74) is 1.17. The molecule has 2 aliphatic carbocycles. The zero-order valence-electron chi connectivity index (χ0n) is 12.6. The quantitative estimate of drug-likeness (QED) is 0.778. The van der Waals surface area contributed by atoms with E-state index >= 15 is 0 Å². The lowest BCUT2D eigenvalue weighted by atomic mass is 9.87. The van der Waals surface area contributed by atoms with E-state index in [9.17, 15) is 9.00 Å². The van der Waals surface area contributed by atoms with Gasteiger partial charge in [-0.2, -0.15) is 0 Å². The van der Waals surface area contributed by atoms with E-state index in [1.165, 1.54) is 5.56 Å². The molecule has 0 heterocycles. The van der Waals surface area contributed by atoms with Crippen LogP contribution in [-0.4, -0.2) is 15.2 Å². The van der Waals surface area contributed by atoms with Gasteiger partial charge in [0.1, 0.15) is 5.78 Å². The summed E-state index contributed by atoms with van der Waals surface area (Å²) in [6.07, 6.45) is 6.84. The minimum Gasteiger partial charge on any atom is -0.299 e. The Hall–Kier alpha value is -1.22. The van der Waals surface area contributed by atoms with Crippen molar-refractivity contribution in [2.75, 3.05) is 0 Å². The Bertz CT molecular complexity index is 588. The molecule has 0 spiro atoms. The average molecular weight is 302 g/mol. The summed E-state index contributed by atoms with van der Waals surface area (Å²) < 4.78 is 13.0. The second kappa shape index (κ2) is 5.88. The SMILES string of the molecule is CCCC(=O)[C@@H]1[C@@H]([S@@](=O)c2ccc(C)cc2)[C@H]2C=C[C@@H]1C2. The number of fused-ring (bicyclic) bond motifs is 2. The maximum Gasteiger partial charge on any atom is 0.137 e. The van der Waals surface area contributed by atoms with Gasteiger partial charge in [-0.1, -0.05) is 36.8 Å². The van der Waals surface area contributed by atoms with Crippen LogP contribution in [0.4, 0.5) is 0 Å². The first-order valence-corrected chi connectivity index (χ1v) is 9.01. The number of carbonyl (C=O) groups is 1. The predicted molar refractivity (Wildman–Crippen MR) is 85.5 cm³/mol. The summed E-state index contributed by atoms with van der Waals surface area (Å²) >= 11 is 0. The van der Waals surface area contributed by atoms with E-state index in [-0.39, 0.29) is 11.2 Å².